The zero-order valence-electron chi connectivity index (χ0n) is 23.2. The molecule has 198 valence electrons. The van der Waals surface area contributed by atoms with Crippen LogP contribution in [0.4, 0.5) is 4.79 Å². The van der Waals surface area contributed by atoms with E-state index in [0.29, 0.717) is 5.92 Å². The molecule has 0 bridgehead atoms. The molecule has 2 atom stereocenters. The van der Waals surface area contributed by atoms with Crippen LogP contribution in [0.5, 0.6) is 0 Å². The summed E-state index contributed by atoms with van der Waals surface area (Å²) in [5.74, 6) is -2.24. The molecule has 2 aromatic carbocycles. The minimum Gasteiger partial charge on any atom is -0.444 e. The summed E-state index contributed by atoms with van der Waals surface area (Å²) in [6.45, 7) is 15.7. The van der Waals surface area contributed by atoms with Gasteiger partial charge in [-0.2, -0.15) is 0 Å². The molecule has 0 aliphatic heterocycles. The van der Waals surface area contributed by atoms with Gasteiger partial charge in [0.05, 0.1) is 0 Å². The van der Waals surface area contributed by atoms with Gasteiger partial charge in [0.1, 0.15) is 22.3 Å². The zero-order valence-corrected chi connectivity index (χ0v) is 25.7. The van der Waals surface area contributed by atoms with Gasteiger partial charge in [0, 0.05) is 13.5 Å². The fraction of sp³-hybridized carbons (Fsp3) is 0.517. The number of likely N-dealkylation sites (N-methyl/N-ethyl adjacent to an activating group) is 1. The number of ether oxygens (including phenoxy) is 1. The molecule has 0 fully saturated rings. The second-order valence-electron chi connectivity index (χ2n) is 11.8. The third-order valence-electron chi connectivity index (χ3n) is 5.83. The summed E-state index contributed by atoms with van der Waals surface area (Å²) in [6, 6.07) is 20.0. The highest BCUT2D eigenvalue weighted by molar-refractivity contribution is 9.43. The van der Waals surface area contributed by atoms with Crippen LogP contribution in [0.2, 0.25) is 0 Å². The maximum atomic E-state index is 14.0. The van der Waals surface area contributed by atoms with Crippen LogP contribution in [-0.2, 0) is 9.53 Å². The number of hydrogen-bond acceptors (Lipinski definition) is 3. The van der Waals surface area contributed by atoms with Crippen LogP contribution in [0.3, 0.4) is 0 Å². The van der Waals surface area contributed by atoms with Crippen molar-refractivity contribution in [3.05, 3.63) is 60.7 Å². The van der Waals surface area contributed by atoms with Gasteiger partial charge in [-0.25, -0.2) is 4.79 Å². The molecule has 0 spiro atoms. The molecular formula is C29H43BrN2O3P+. The summed E-state index contributed by atoms with van der Waals surface area (Å²) in [5.41, 5.74) is -1.16. The van der Waals surface area contributed by atoms with Crippen LogP contribution in [-0.4, -0.2) is 41.4 Å². The van der Waals surface area contributed by atoms with Gasteiger partial charge >= 0.3 is 6.09 Å². The molecule has 1 unspecified atom stereocenters. The lowest BCUT2D eigenvalue weighted by atomic mass is 9.85. The molecule has 5 nitrogen and oxygen atoms in total. The predicted molar refractivity (Wildman–Crippen MR) is 157 cm³/mol. The van der Waals surface area contributed by atoms with Gasteiger partial charge in [-0.1, -0.05) is 71.0 Å². The Morgan fingerprint density at radius 2 is 1.36 bits per heavy atom. The van der Waals surface area contributed by atoms with E-state index in [9.17, 15) is 9.59 Å². The molecule has 0 saturated carbocycles. The number of nitrogens with zero attached hydrogens (tertiary/aromatic N) is 1. The third-order valence-corrected chi connectivity index (χ3v) is 13.1. The number of rotatable bonds is 8. The Morgan fingerprint density at radius 1 is 0.917 bits per heavy atom. The first-order valence-electron chi connectivity index (χ1n) is 12.5. The quantitative estimate of drug-likeness (QED) is 0.353. The second kappa shape index (κ2) is 12.1. The Labute approximate surface area is 226 Å². The van der Waals surface area contributed by atoms with Crippen molar-refractivity contribution in [2.45, 2.75) is 79.2 Å². The van der Waals surface area contributed by atoms with Crippen molar-refractivity contribution in [2.75, 3.05) is 7.05 Å². The standard InChI is InChI=1S/C29H42BrN2O3P/c1-21(2)20-24(36(30,22-16-12-10-13-17-22)23-18-14-11-15-19-23)31-26(33)25(28(3,4)5)32(9)27(34)35-29(6,7)8/h10-19,21,24-25H,20H2,1-9H3/p+1/t24?,25-/m1/s1. The summed E-state index contributed by atoms with van der Waals surface area (Å²) < 4.78 is 5.61. The van der Waals surface area contributed by atoms with Crippen LogP contribution >= 0.6 is 21.5 Å². The lowest BCUT2D eigenvalue weighted by Gasteiger charge is -2.39. The third kappa shape index (κ3) is 7.79. The molecule has 2 aromatic rings. The van der Waals surface area contributed by atoms with Gasteiger partial charge in [-0.05, 0) is 56.4 Å². The van der Waals surface area contributed by atoms with Gasteiger partial charge in [-0.15, -0.1) is 0 Å². The number of carbonyl (C=O) groups excluding carboxylic acids is 2. The molecule has 0 aliphatic rings. The maximum absolute atomic E-state index is 14.0. The largest absolute Gasteiger partial charge is 0.444 e. The minimum atomic E-state index is -2.23. The van der Waals surface area contributed by atoms with Crippen LogP contribution in [0.1, 0.15) is 61.8 Å². The van der Waals surface area contributed by atoms with E-state index in [4.69, 9.17) is 4.74 Å². The lowest BCUT2D eigenvalue weighted by molar-refractivity contribution is -0.129. The van der Waals surface area contributed by atoms with E-state index >= 15 is 0 Å². The Kier molecular flexibility index (Phi) is 10.2. The van der Waals surface area contributed by atoms with E-state index in [1.165, 1.54) is 4.90 Å². The minimum absolute atomic E-state index is 0.174. The van der Waals surface area contributed by atoms with E-state index in [1.54, 1.807) is 7.05 Å². The van der Waals surface area contributed by atoms with Gasteiger partial charge in [0.25, 0.3) is 0 Å². The van der Waals surface area contributed by atoms with E-state index in [2.05, 4.69) is 58.9 Å². The molecule has 0 aliphatic carbocycles. The smallest absolute Gasteiger partial charge is 0.410 e. The van der Waals surface area contributed by atoms with E-state index < -0.39 is 29.1 Å². The first-order chi connectivity index (χ1) is 16.6. The van der Waals surface area contributed by atoms with E-state index in [-0.39, 0.29) is 11.7 Å². The average molecular weight is 579 g/mol. The van der Waals surface area contributed by atoms with Crippen LogP contribution in [0.15, 0.2) is 60.7 Å². The molecule has 1 N–H and O–H groups in total. The van der Waals surface area contributed by atoms with Crippen molar-refractivity contribution < 1.29 is 14.3 Å². The number of carbonyl (C=O) groups is 2. The lowest BCUT2D eigenvalue weighted by Crippen LogP contribution is -2.57. The number of benzene rings is 2. The molecule has 7 heteroatoms. The summed E-state index contributed by atoms with van der Waals surface area (Å²) in [6.07, 6.45) is 0.269. The highest BCUT2D eigenvalue weighted by Crippen LogP contribution is 2.68. The Hall–Kier alpha value is -1.91. The monoisotopic (exact) mass is 577 g/mol. The van der Waals surface area contributed by atoms with E-state index in [1.807, 2.05) is 77.9 Å². The van der Waals surface area contributed by atoms with Gasteiger partial charge in [-0.3, -0.25) is 9.69 Å². The van der Waals surface area contributed by atoms with Crippen molar-refractivity contribution >= 4 is 44.1 Å². The van der Waals surface area contributed by atoms with Crippen molar-refractivity contribution in [3.63, 3.8) is 0 Å². The van der Waals surface area contributed by atoms with Gasteiger partial charge in [0.15, 0.2) is 27.2 Å². The fourth-order valence-electron chi connectivity index (χ4n) is 4.37. The summed E-state index contributed by atoms with van der Waals surface area (Å²) in [4.78, 5) is 28.5. The Balaban J connectivity index is 2.55. The van der Waals surface area contributed by atoms with Crippen LogP contribution < -0.4 is 15.9 Å². The van der Waals surface area contributed by atoms with Crippen molar-refractivity contribution in [3.8, 4) is 0 Å². The highest BCUT2D eigenvalue weighted by Gasteiger charge is 2.51. The van der Waals surface area contributed by atoms with Gasteiger partial charge in [0.2, 0.25) is 5.91 Å². The molecule has 0 aromatic heterocycles. The fourth-order valence-corrected chi connectivity index (χ4v) is 9.85. The van der Waals surface area contributed by atoms with Gasteiger partial charge < -0.3 is 10.1 Å². The SMILES string of the molecule is CC(C)CC(NC(=O)[C@@H](N(C)C(=O)OC(C)(C)C)C(C)(C)C)[P+](Br)(c1ccccc1)c1ccccc1. The number of nitrogens with one attached hydrogen (secondary N) is 1. The normalized spacial score (nSPS) is 14.2. The first kappa shape index (κ1) is 30.3. The summed E-state index contributed by atoms with van der Waals surface area (Å²) in [7, 11) is 1.64. The number of amides is 2. The first-order valence-corrected chi connectivity index (χ1v) is 16.4. The molecule has 0 radical (unpaired) electrons. The number of halogens is 1. The predicted octanol–water partition coefficient (Wildman–Crippen LogP) is 6.73. The highest BCUT2D eigenvalue weighted by atomic mass is 79.9. The average Bonchev–Trinajstić information content (AvgIpc) is 2.77. The Bertz CT molecular complexity index is 961. The summed E-state index contributed by atoms with van der Waals surface area (Å²) in [5, 5.41) is 5.73. The van der Waals surface area contributed by atoms with Crippen molar-refractivity contribution in [1.29, 1.82) is 0 Å². The summed E-state index contributed by atoms with van der Waals surface area (Å²) >= 11 is 4.22. The van der Waals surface area contributed by atoms with Crippen molar-refractivity contribution in [1.82, 2.24) is 10.2 Å². The number of hydrogen-bond donors (Lipinski definition) is 1. The van der Waals surface area contributed by atoms with Crippen LogP contribution in [0, 0.1) is 11.3 Å². The van der Waals surface area contributed by atoms with Crippen LogP contribution in [0.25, 0.3) is 0 Å². The Morgan fingerprint density at radius 3 is 1.72 bits per heavy atom. The van der Waals surface area contributed by atoms with E-state index in [0.717, 1.165) is 17.0 Å². The molecule has 2 amide bonds. The molecule has 2 rings (SSSR count). The molecule has 0 saturated heterocycles. The second-order valence-corrected chi connectivity index (χ2v) is 18.1. The zero-order chi connectivity index (χ0) is 27.3. The maximum Gasteiger partial charge on any atom is 0.410 e. The molecular weight excluding hydrogens is 535 g/mol. The topological polar surface area (TPSA) is 58.6 Å². The van der Waals surface area contributed by atoms with Crippen molar-refractivity contribution in [2.24, 2.45) is 11.3 Å². The molecule has 0 heterocycles. The molecule has 36 heavy (non-hydrogen) atoms.